The van der Waals surface area contributed by atoms with E-state index in [0.717, 1.165) is 38.5 Å². The highest BCUT2D eigenvalue weighted by Crippen LogP contribution is 2.41. The van der Waals surface area contributed by atoms with E-state index in [2.05, 4.69) is 10.0 Å². The predicted octanol–water partition coefficient (Wildman–Crippen LogP) is 3.12. The fraction of sp³-hybridized carbons (Fsp3) is 0.833. The lowest BCUT2D eigenvalue weighted by molar-refractivity contribution is -0.144. The van der Waals surface area contributed by atoms with Crippen molar-refractivity contribution in [3.8, 4) is 0 Å². The van der Waals surface area contributed by atoms with Crippen molar-refractivity contribution in [2.75, 3.05) is 7.11 Å². The van der Waals surface area contributed by atoms with E-state index in [1.807, 2.05) is 0 Å². The summed E-state index contributed by atoms with van der Waals surface area (Å²) in [6.07, 6.45) is 6.25. The van der Waals surface area contributed by atoms with Crippen LogP contribution in [0, 0.1) is 5.41 Å². The molecule has 0 unspecified atom stereocenters. The third kappa shape index (κ3) is 4.37. The average Bonchev–Trinajstić information content (AvgIpc) is 2.55. The van der Waals surface area contributed by atoms with Crippen LogP contribution >= 0.6 is 0 Å². The standard InChI is InChI=1S/C12H19N3O3/c1-18-11(17)9-12(8-10(16)14-15-13)6-4-2-3-5-7-12/h2-9H2,1H3. The Morgan fingerprint density at radius 3 is 2.33 bits per heavy atom. The normalized spacial score (nSPS) is 18.3. The molecule has 0 saturated heterocycles. The van der Waals surface area contributed by atoms with Gasteiger partial charge in [0.15, 0.2) is 0 Å². The van der Waals surface area contributed by atoms with Crippen molar-refractivity contribution in [2.45, 2.75) is 51.4 Å². The largest absolute Gasteiger partial charge is 0.469 e. The number of carbonyl (C=O) groups excluding carboxylic acids is 2. The summed E-state index contributed by atoms with van der Waals surface area (Å²) in [5, 5.41) is 3.12. The number of hydrogen-bond acceptors (Lipinski definition) is 3. The first kappa shape index (κ1) is 14.5. The van der Waals surface area contributed by atoms with Crippen molar-refractivity contribution >= 4 is 11.9 Å². The van der Waals surface area contributed by atoms with Crippen LogP contribution in [0.1, 0.15) is 51.4 Å². The van der Waals surface area contributed by atoms with Gasteiger partial charge in [0.1, 0.15) is 0 Å². The molecule has 1 amide bonds. The van der Waals surface area contributed by atoms with Crippen LogP contribution in [0.2, 0.25) is 0 Å². The number of nitrogens with zero attached hydrogens (tertiary/aromatic N) is 3. The maximum atomic E-state index is 11.5. The average molecular weight is 253 g/mol. The number of ether oxygens (including phenoxy) is 1. The highest BCUT2D eigenvalue weighted by atomic mass is 16.5. The lowest BCUT2D eigenvalue weighted by Gasteiger charge is -2.30. The minimum absolute atomic E-state index is 0.145. The third-order valence-corrected chi connectivity index (χ3v) is 3.59. The molecule has 0 aromatic heterocycles. The lowest BCUT2D eigenvalue weighted by Crippen LogP contribution is -2.27. The first-order valence-corrected chi connectivity index (χ1v) is 6.27. The van der Waals surface area contributed by atoms with Crippen molar-refractivity contribution in [1.29, 1.82) is 0 Å². The molecule has 1 rings (SSSR count). The molecule has 6 heteroatoms. The zero-order chi connectivity index (χ0) is 13.4. The van der Waals surface area contributed by atoms with Crippen LogP contribution in [-0.4, -0.2) is 19.0 Å². The van der Waals surface area contributed by atoms with E-state index >= 15 is 0 Å². The Labute approximate surface area is 106 Å². The van der Waals surface area contributed by atoms with E-state index in [0.29, 0.717) is 0 Å². The van der Waals surface area contributed by atoms with Gasteiger partial charge in [0.05, 0.1) is 13.5 Å². The third-order valence-electron chi connectivity index (χ3n) is 3.59. The van der Waals surface area contributed by atoms with Gasteiger partial charge in [-0.2, -0.15) is 0 Å². The van der Waals surface area contributed by atoms with Gasteiger partial charge in [0, 0.05) is 11.3 Å². The summed E-state index contributed by atoms with van der Waals surface area (Å²) in [4.78, 5) is 25.5. The van der Waals surface area contributed by atoms with Gasteiger partial charge in [-0.05, 0) is 28.9 Å². The smallest absolute Gasteiger partial charge is 0.306 e. The Balaban J connectivity index is 2.80. The summed E-state index contributed by atoms with van der Waals surface area (Å²) < 4.78 is 4.71. The molecule has 1 saturated carbocycles. The summed E-state index contributed by atoms with van der Waals surface area (Å²) in [5.41, 5.74) is 7.90. The molecule has 0 aromatic rings. The lowest BCUT2D eigenvalue weighted by atomic mass is 9.74. The summed E-state index contributed by atoms with van der Waals surface area (Å²) in [5.74, 6) is -0.783. The molecule has 0 bridgehead atoms. The minimum atomic E-state index is -0.483. The van der Waals surface area contributed by atoms with E-state index in [9.17, 15) is 9.59 Å². The van der Waals surface area contributed by atoms with Crippen LogP contribution in [-0.2, 0) is 14.3 Å². The minimum Gasteiger partial charge on any atom is -0.469 e. The quantitative estimate of drug-likeness (QED) is 0.253. The van der Waals surface area contributed by atoms with Gasteiger partial charge in [0.2, 0.25) is 5.91 Å². The Kier molecular flexibility index (Phi) is 5.65. The Bertz CT molecular complexity index is 354. The number of esters is 1. The highest BCUT2D eigenvalue weighted by Gasteiger charge is 2.35. The molecule has 0 aromatic carbocycles. The first-order chi connectivity index (χ1) is 8.62. The Hall–Kier alpha value is -1.55. The van der Waals surface area contributed by atoms with Crippen LogP contribution in [0.4, 0.5) is 0 Å². The molecule has 1 aliphatic carbocycles. The van der Waals surface area contributed by atoms with Crippen molar-refractivity contribution in [2.24, 2.45) is 10.5 Å². The molecular weight excluding hydrogens is 234 g/mol. The highest BCUT2D eigenvalue weighted by molar-refractivity contribution is 5.79. The second-order valence-electron chi connectivity index (χ2n) is 4.93. The molecule has 0 N–H and O–H groups in total. The molecule has 1 aliphatic rings. The molecule has 0 radical (unpaired) electrons. The molecule has 0 aliphatic heterocycles. The number of amides is 1. The number of azide groups is 1. The summed E-state index contributed by atoms with van der Waals surface area (Å²) >= 11 is 0. The maximum absolute atomic E-state index is 11.5. The van der Waals surface area contributed by atoms with Gasteiger partial charge >= 0.3 is 5.97 Å². The van der Waals surface area contributed by atoms with Gasteiger partial charge in [-0.1, -0.05) is 25.7 Å². The van der Waals surface area contributed by atoms with Gasteiger partial charge in [0.25, 0.3) is 0 Å². The van der Waals surface area contributed by atoms with Gasteiger partial charge < -0.3 is 4.74 Å². The molecule has 0 spiro atoms. The predicted molar refractivity (Wildman–Crippen MR) is 65.5 cm³/mol. The molecular formula is C12H19N3O3. The van der Waals surface area contributed by atoms with E-state index < -0.39 is 5.91 Å². The Morgan fingerprint density at radius 1 is 1.22 bits per heavy atom. The molecule has 18 heavy (non-hydrogen) atoms. The zero-order valence-corrected chi connectivity index (χ0v) is 10.7. The summed E-state index contributed by atoms with van der Waals surface area (Å²) in [6, 6.07) is 0. The number of methoxy groups -OCH3 is 1. The van der Waals surface area contributed by atoms with Crippen molar-refractivity contribution < 1.29 is 14.3 Å². The molecule has 0 atom stereocenters. The maximum Gasteiger partial charge on any atom is 0.306 e. The summed E-state index contributed by atoms with van der Waals surface area (Å²) in [7, 11) is 1.35. The van der Waals surface area contributed by atoms with E-state index in [-0.39, 0.29) is 24.2 Å². The molecule has 1 fully saturated rings. The summed E-state index contributed by atoms with van der Waals surface area (Å²) in [6.45, 7) is 0. The van der Waals surface area contributed by atoms with Crippen molar-refractivity contribution in [3.05, 3.63) is 10.4 Å². The van der Waals surface area contributed by atoms with Gasteiger partial charge in [-0.3, -0.25) is 9.59 Å². The second-order valence-corrected chi connectivity index (χ2v) is 4.93. The Morgan fingerprint density at radius 2 is 1.83 bits per heavy atom. The van der Waals surface area contributed by atoms with Gasteiger partial charge in [-0.25, -0.2) is 0 Å². The zero-order valence-electron chi connectivity index (χ0n) is 10.7. The number of carbonyl (C=O) groups is 2. The van der Waals surface area contributed by atoms with E-state index in [4.69, 9.17) is 10.3 Å². The van der Waals surface area contributed by atoms with Crippen LogP contribution in [0.5, 0.6) is 0 Å². The fourth-order valence-corrected chi connectivity index (χ4v) is 2.68. The second kappa shape index (κ2) is 7.01. The van der Waals surface area contributed by atoms with Gasteiger partial charge in [-0.15, -0.1) is 0 Å². The van der Waals surface area contributed by atoms with Crippen molar-refractivity contribution in [3.63, 3.8) is 0 Å². The fourth-order valence-electron chi connectivity index (χ4n) is 2.68. The SMILES string of the molecule is COC(=O)CC1(CC(=O)N=[N+]=[N-])CCCCCC1. The first-order valence-electron chi connectivity index (χ1n) is 6.27. The molecule has 0 heterocycles. The van der Waals surface area contributed by atoms with E-state index in [1.54, 1.807) is 0 Å². The van der Waals surface area contributed by atoms with Crippen LogP contribution in [0.25, 0.3) is 10.4 Å². The molecule has 100 valence electrons. The molecule has 6 nitrogen and oxygen atoms in total. The number of rotatable bonds is 4. The number of hydrogen-bond donors (Lipinski definition) is 0. The van der Waals surface area contributed by atoms with Crippen LogP contribution in [0.3, 0.4) is 0 Å². The topological polar surface area (TPSA) is 92.1 Å². The van der Waals surface area contributed by atoms with Crippen LogP contribution in [0.15, 0.2) is 5.11 Å². The van der Waals surface area contributed by atoms with E-state index in [1.165, 1.54) is 7.11 Å². The monoisotopic (exact) mass is 253 g/mol. The van der Waals surface area contributed by atoms with Crippen LogP contribution < -0.4 is 0 Å². The van der Waals surface area contributed by atoms with Crippen molar-refractivity contribution in [1.82, 2.24) is 0 Å².